The van der Waals surface area contributed by atoms with Crippen molar-refractivity contribution in [3.63, 3.8) is 0 Å². The van der Waals surface area contributed by atoms with Gasteiger partial charge in [-0.15, -0.1) is 0 Å². The Hall–Kier alpha value is -1.16. The Balaban J connectivity index is 1.95. The van der Waals surface area contributed by atoms with Crippen molar-refractivity contribution in [2.45, 2.75) is 45.2 Å². The van der Waals surface area contributed by atoms with Gasteiger partial charge < -0.3 is 5.73 Å². The van der Waals surface area contributed by atoms with Gasteiger partial charge in [0.25, 0.3) is 0 Å². The molecule has 17 heavy (non-hydrogen) atoms. The van der Waals surface area contributed by atoms with Crippen molar-refractivity contribution in [1.29, 1.82) is 0 Å². The molecule has 0 bridgehead atoms. The van der Waals surface area contributed by atoms with Gasteiger partial charge in [0, 0.05) is 12.6 Å². The molecule has 0 saturated heterocycles. The summed E-state index contributed by atoms with van der Waals surface area (Å²) < 4.78 is 0. The second kappa shape index (κ2) is 5.45. The molecule has 0 aromatic carbocycles. The first-order valence-electron chi connectivity index (χ1n) is 6.43. The van der Waals surface area contributed by atoms with E-state index in [0.29, 0.717) is 11.9 Å². The third kappa shape index (κ3) is 3.16. The number of rotatable bonds is 3. The molecule has 1 aliphatic rings. The largest absolute Gasteiger partial charge is 0.382 e. The molecule has 2 rings (SSSR count). The highest BCUT2D eigenvalue weighted by molar-refractivity contribution is 5.22. The fraction of sp³-hybridized carbons (Fsp3) is 0.692. The van der Waals surface area contributed by atoms with Crippen molar-refractivity contribution in [2.75, 3.05) is 12.8 Å². The highest BCUT2D eigenvalue weighted by atomic mass is 15.1. The van der Waals surface area contributed by atoms with Crippen LogP contribution in [0.2, 0.25) is 0 Å². The molecule has 94 valence electrons. The molecule has 0 radical (unpaired) electrons. The Bertz CT molecular complexity index is 349. The molecular weight excluding hydrogens is 212 g/mol. The van der Waals surface area contributed by atoms with Gasteiger partial charge in [0.2, 0.25) is 0 Å². The topological polar surface area (TPSA) is 55.0 Å². The van der Waals surface area contributed by atoms with Crippen LogP contribution in [0.4, 0.5) is 5.82 Å². The van der Waals surface area contributed by atoms with E-state index in [2.05, 4.69) is 28.8 Å². The van der Waals surface area contributed by atoms with E-state index in [-0.39, 0.29) is 0 Å². The first kappa shape index (κ1) is 12.3. The van der Waals surface area contributed by atoms with Crippen LogP contribution in [-0.4, -0.2) is 28.0 Å². The van der Waals surface area contributed by atoms with Crippen LogP contribution in [0.15, 0.2) is 12.4 Å². The molecule has 1 saturated carbocycles. The molecule has 1 aromatic heterocycles. The minimum absolute atomic E-state index is 0.488. The fourth-order valence-electron chi connectivity index (χ4n) is 2.77. The molecule has 1 fully saturated rings. The van der Waals surface area contributed by atoms with Gasteiger partial charge in [0.1, 0.15) is 5.82 Å². The SMILES string of the molecule is CC1CCCCC1N(C)Cc1cnc(N)cn1. The monoisotopic (exact) mass is 234 g/mol. The van der Waals surface area contributed by atoms with E-state index in [1.54, 1.807) is 12.4 Å². The number of nitrogens with two attached hydrogens (primary N) is 1. The zero-order valence-corrected chi connectivity index (χ0v) is 10.8. The van der Waals surface area contributed by atoms with Crippen molar-refractivity contribution >= 4 is 5.82 Å². The Kier molecular flexibility index (Phi) is 3.94. The lowest BCUT2D eigenvalue weighted by molar-refractivity contribution is 0.132. The molecule has 2 unspecified atom stereocenters. The number of hydrogen-bond acceptors (Lipinski definition) is 4. The third-order valence-corrected chi connectivity index (χ3v) is 3.77. The lowest BCUT2D eigenvalue weighted by atomic mass is 9.85. The summed E-state index contributed by atoms with van der Waals surface area (Å²) in [7, 11) is 2.19. The third-order valence-electron chi connectivity index (χ3n) is 3.77. The van der Waals surface area contributed by atoms with Crippen molar-refractivity contribution in [1.82, 2.24) is 14.9 Å². The summed E-state index contributed by atoms with van der Waals surface area (Å²) in [5.41, 5.74) is 6.53. The van der Waals surface area contributed by atoms with Gasteiger partial charge in [-0.25, -0.2) is 4.98 Å². The zero-order chi connectivity index (χ0) is 12.3. The fourth-order valence-corrected chi connectivity index (χ4v) is 2.77. The van der Waals surface area contributed by atoms with Crippen LogP contribution in [0, 0.1) is 5.92 Å². The highest BCUT2D eigenvalue weighted by Crippen LogP contribution is 2.27. The maximum Gasteiger partial charge on any atom is 0.141 e. The maximum atomic E-state index is 5.54. The van der Waals surface area contributed by atoms with E-state index < -0.39 is 0 Å². The Morgan fingerprint density at radius 3 is 2.71 bits per heavy atom. The van der Waals surface area contributed by atoms with Gasteiger partial charge in [-0.05, 0) is 25.8 Å². The second-order valence-corrected chi connectivity index (χ2v) is 5.18. The zero-order valence-electron chi connectivity index (χ0n) is 10.8. The van der Waals surface area contributed by atoms with Crippen LogP contribution in [0.3, 0.4) is 0 Å². The standard InChI is InChI=1S/C13H22N4/c1-10-5-3-4-6-12(10)17(2)9-11-7-16-13(14)8-15-11/h7-8,10,12H,3-6,9H2,1-2H3,(H2,14,16). The highest BCUT2D eigenvalue weighted by Gasteiger charge is 2.24. The van der Waals surface area contributed by atoms with E-state index in [1.807, 2.05) is 0 Å². The Morgan fingerprint density at radius 2 is 2.06 bits per heavy atom. The molecule has 1 aromatic rings. The molecule has 2 N–H and O–H groups in total. The minimum atomic E-state index is 0.488. The lowest BCUT2D eigenvalue weighted by Gasteiger charge is -2.36. The number of hydrogen-bond donors (Lipinski definition) is 1. The average molecular weight is 234 g/mol. The summed E-state index contributed by atoms with van der Waals surface area (Å²) in [6.45, 7) is 3.22. The summed E-state index contributed by atoms with van der Waals surface area (Å²) in [6.07, 6.45) is 8.80. The van der Waals surface area contributed by atoms with Crippen LogP contribution in [0.25, 0.3) is 0 Å². The summed E-state index contributed by atoms with van der Waals surface area (Å²) in [4.78, 5) is 10.8. The van der Waals surface area contributed by atoms with Crippen molar-refractivity contribution in [3.8, 4) is 0 Å². The Morgan fingerprint density at radius 1 is 1.29 bits per heavy atom. The van der Waals surface area contributed by atoms with Crippen LogP contribution in [0.1, 0.15) is 38.3 Å². The van der Waals surface area contributed by atoms with E-state index >= 15 is 0 Å². The summed E-state index contributed by atoms with van der Waals surface area (Å²) in [5, 5.41) is 0. The molecular formula is C13H22N4. The van der Waals surface area contributed by atoms with Crippen LogP contribution < -0.4 is 5.73 Å². The first-order valence-corrected chi connectivity index (χ1v) is 6.43. The minimum Gasteiger partial charge on any atom is -0.382 e. The normalized spacial score (nSPS) is 25.1. The second-order valence-electron chi connectivity index (χ2n) is 5.18. The lowest BCUT2D eigenvalue weighted by Crippen LogP contribution is -2.38. The molecule has 1 heterocycles. The predicted molar refractivity (Wildman–Crippen MR) is 69.3 cm³/mol. The van der Waals surface area contributed by atoms with E-state index in [9.17, 15) is 0 Å². The van der Waals surface area contributed by atoms with Gasteiger partial charge in [0.15, 0.2) is 0 Å². The molecule has 0 amide bonds. The molecule has 4 nitrogen and oxygen atoms in total. The van der Waals surface area contributed by atoms with Crippen molar-refractivity contribution in [3.05, 3.63) is 18.1 Å². The predicted octanol–water partition coefficient (Wildman–Crippen LogP) is 2.07. The van der Waals surface area contributed by atoms with Crippen LogP contribution in [0.5, 0.6) is 0 Å². The number of anilines is 1. The quantitative estimate of drug-likeness (QED) is 0.870. The van der Waals surface area contributed by atoms with Gasteiger partial charge in [-0.1, -0.05) is 19.8 Å². The molecule has 0 aliphatic heterocycles. The summed E-state index contributed by atoms with van der Waals surface area (Å²) in [6, 6.07) is 0.683. The van der Waals surface area contributed by atoms with E-state index in [0.717, 1.165) is 18.2 Å². The molecule has 1 aliphatic carbocycles. The van der Waals surface area contributed by atoms with E-state index in [1.165, 1.54) is 25.7 Å². The van der Waals surface area contributed by atoms with Crippen LogP contribution >= 0.6 is 0 Å². The van der Waals surface area contributed by atoms with Crippen LogP contribution in [-0.2, 0) is 6.54 Å². The van der Waals surface area contributed by atoms with Gasteiger partial charge >= 0.3 is 0 Å². The number of aromatic nitrogens is 2. The van der Waals surface area contributed by atoms with Gasteiger partial charge in [-0.3, -0.25) is 9.88 Å². The van der Waals surface area contributed by atoms with E-state index in [4.69, 9.17) is 5.73 Å². The molecule has 0 spiro atoms. The molecule has 2 atom stereocenters. The van der Waals surface area contributed by atoms with Crippen molar-refractivity contribution in [2.24, 2.45) is 5.92 Å². The number of nitrogen functional groups attached to an aromatic ring is 1. The van der Waals surface area contributed by atoms with Gasteiger partial charge in [0.05, 0.1) is 18.1 Å². The summed E-state index contributed by atoms with van der Waals surface area (Å²) in [5.74, 6) is 1.28. The first-order chi connectivity index (χ1) is 8.16. The Labute approximate surface area is 103 Å². The maximum absolute atomic E-state index is 5.54. The number of nitrogens with zero attached hydrogens (tertiary/aromatic N) is 3. The average Bonchev–Trinajstić information content (AvgIpc) is 2.32. The van der Waals surface area contributed by atoms with Crippen molar-refractivity contribution < 1.29 is 0 Å². The molecule has 4 heteroatoms. The van der Waals surface area contributed by atoms with Gasteiger partial charge in [-0.2, -0.15) is 0 Å². The smallest absolute Gasteiger partial charge is 0.141 e. The summed E-state index contributed by atoms with van der Waals surface area (Å²) >= 11 is 0.